The first-order valence-electron chi connectivity index (χ1n) is 9.45. The van der Waals surface area contributed by atoms with E-state index in [0.29, 0.717) is 30.0 Å². The first-order chi connectivity index (χ1) is 14.1. The molecule has 0 aliphatic heterocycles. The van der Waals surface area contributed by atoms with Crippen molar-refractivity contribution in [2.24, 2.45) is 10.7 Å². The van der Waals surface area contributed by atoms with Crippen molar-refractivity contribution < 1.29 is 0 Å². The Morgan fingerprint density at radius 2 is 2.07 bits per heavy atom. The molecule has 3 aromatic heterocycles. The second-order valence-electron chi connectivity index (χ2n) is 6.81. The number of nitrogens with one attached hydrogen (secondary N) is 1. The van der Waals surface area contributed by atoms with E-state index in [4.69, 9.17) is 17.3 Å². The number of fused-ring (bicyclic) bond motifs is 1. The third-order valence-electron chi connectivity index (χ3n) is 4.30. The molecule has 0 amide bonds. The fraction of sp³-hybridized carbons (Fsp3) is 0.286. The van der Waals surface area contributed by atoms with Gasteiger partial charge in [-0.15, -0.1) is 16.7 Å². The van der Waals surface area contributed by atoms with Crippen molar-refractivity contribution in [2.75, 3.05) is 17.7 Å². The van der Waals surface area contributed by atoms with Crippen LogP contribution in [0.25, 0.3) is 16.6 Å². The normalized spacial score (nSPS) is 12.2. The van der Waals surface area contributed by atoms with Crippen LogP contribution in [0.4, 0.5) is 11.6 Å². The number of hydrogen-bond acceptors (Lipinski definition) is 7. The summed E-state index contributed by atoms with van der Waals surface area (Å²) < 4.78 is 0. The van der Waals surface area contributed by atoms with E-state index in [0.717, 1.165) is 34.2 Å². The largest absolute Gasteiger partial charge is 0.404 e. The number of nitrogens with zero attached hydrogens (tertiary/aromatic N) is 5. The molecule has 0 aliphatic rings. The van der Waals surface area contributed by atoms with Crippen LogP contribution < -0.4 is 11.1 Å². The van der Waals surface area contributed by atoms with Crippen LogP contribution in [0.15, 0.2) is 47.9 Å². The van der Waals surface area contributed by atoms with Crippen LogP contribution in [0.2, 0.25) is 0 Å². The van der Waals surface area contributed by atoms with Crippen LogP contribution in [0.1, 0.15) is 37.3 Å². The second-order valence-corrected chi connectivity index (χ2v) is 7.19. The van der Waals surface area contributed by atoms with Crippen LogP contribution >= 0.6 is 11.6 Å². The molecule has 8 heteroatoms. The SMILES string of the molecule is CC(C)c1cnnc(Nc2ccc3ncc(C(C=NCCCCl)=CN)cc3n2)c1. The van der Waals surface area contributed by atoms with E-state index < -0.39 is 0 Å². The van der Waals surface area contributed by atoms with E-state index in [-0.39, 0.29) is 0 Å². The standard InChI is InChI=1S/C21H24ClN7/c1-14(2)15-9-21(29-26-13-15)28-20-5-4-18-19(27-20)8-16(12-25-18)17(10-23)11-24-7-3-6-22/h4-5,8-14H,3,6-7,23H2,1-2H3,(H,27,28,29). The lowest BCUT2D eigenvalue weighted by molar-refractivity contribution is 0.843. The van der Waals surface area contributed by atoms with E-state index in [2.05, 4.69) is 44.3 Å². The minimum absolute atomic E-state index is 0.370. The number of alkyl halides is 1. The highest BCUT2D eigenvalue weighted by Gasteiger charge is 2.07. The van der Waals surface area contributed by atoms with Gasteiger partial charge in [0, 0.05) is 42.2 Å². The highest BCUT2D eigenvalue weighted by molar-refractivity contribution is 6.17. The van der Waals surface area contributed by atoms with E-state index in [1.807, 2.05) is 24.3 Å². The summed E-state index contributed by atoms with van der Waals surface area (Å²) in [5.74, 6) is 2.28. The van der Waals surface area contributed by atoms with Gasteiger partial charge in [-0.05, 0) is 42.2 Å². The minimum Gasteiger partial charge on any atom is -0.404 e. The monoisotopic (exact) mass is 409 g/mol. The molecule has 3 N–H and O–H groups in total. The van der Waals surface area contributed by atoms with Gasteiger partial charge in [0.15, 0.2) is 5.82 Å². The van der Waals surface area contributed by atoms with Crippen LogP contribution in [-0.2, 0) is 0 Å². The number of allylic oxidation sites excluding steroid dienone is 1. The lowest BCUT2D eigenvalue weighted by atomic mass is 10.1. The third-order valence-corrected chi connectivity index (χ3v) is 4.57. The first kappa shape index (κ1) is 20.7. The van der Waals surface area contributed by atoms with Gasteiger partial charge in [-0.25, -0.2) is 4.98 Å². The fourth-order valence-corrected chi connectivity index (χ4v) is 2.77. The molecule has 0 aromatic carbocycles. The summed E-state index contributed by atoms with van der Waals surface area (Å²) in [6, 6.07) is 7.70. The molecule has 0 aliphatic carbocycles. The molecule has 150 valence electrons. The molecule has 0 unspecified atom stereocenters. The van der Waals surface area contributed by atoms with Crippen molar-refractivity contribution in [3.8, 4) is 0 Å². The zero-order valence-corrected chi connectivity index (χ0v) is 17.3. The molecule has 29 heavy (non-hydrogen) atoms. The molecule has 3 aromatic rings. The highest BCUT2D eigenvalue weighted by atomic mass is 35.5. The van der Waals surface area contributed by atoms with Gasteiger partial charge in [-0.3, -0.25) is 9.98 Å². The zero-order valence-electron chi connectivity index (χ0n) is 16.5. The Bertz CT molecular complexity index is 1030. The van der Waals surface area contributed by atoms with E-state index in [9.17, 15) is 0 Å². The molecule has 0 spiro atoms. The Morgan fingerprint density at radius 3 is 2.83 bits per heavy atom. The van der Waals surface area contributed by atoms with Crippen molar-refractivity contribution in [1.29, 1.82) is 0 Å². The van der Waals surface area contributed by atoms with Gasteiger partial charge < -0.3 is 11.1 Å². The minimum atomic E-state index is 0.370. The summed E-state index contributed by atoms with van der Waals surface area (Å²) >= 11 is 5.68. The summed E-state index contributed by atoms with van der Waals surface area (Å²) in [5.41, 5.74) is 10.1. The smallest absolute Gasteiger partial charge is 0.154 e. The van der Waals surface area contributed by atoms with Gasteiger partial charge in [0.1, 0.15) is 5.82 Å². The van der Waals surface area contributed by atoms with Gasteiger partial charge in [0.05, 0.1) is 17.2 Å². The lowest BCUT2D eigenvalue weighted by Gasteiger charge is -2.09. The molecule has 0 radical (unpaired) electrons. The van der Waals surface area contributed by atoms with Crippen molar-refractivity contribution in [3.63, 3.8) is 0 Å². The number of halogens is 1. The molecule has 3 rings (SSSR count). The Kier molecular flexibility index (Phi) is 7.08. The third kappa shape index (κ3) is 5.48. The number of aliphatic imine (C=N–C) groups is 1. The summed E-state index contributed by atoms with van der Waals surface area (Å²) in [4.78, 5) is 13.5. The summed E-state index contributed by atoms with van der Waals surface area (Å²) in [6.45, 7) is 4.89. The van der Waals surface area contributed by atoms with Crippen molar-refractivity contribution in [1.82, 2.24) is 20.2 Å². The maximum Gasteiger partial charge on any atom is 0.154 e. The van der Waals surface area contributed by atoms with Gasteiger partial charge in [0.25, 0.3) is 0 Å². The Hall–Kier alpha value is -3.06. The molecular formula is C21H24ClN7. The van der Waals surface area contributed by atoms with Crippen molar-refractivity contribution in [2.45, 2.75) is 26.2 Å². The predicted molar refractivity (Wildman–Crippen MR) is 120 cm³/mol. The molecule has 0 bridgehead atoms. The molecule has 0 saturated carbocycles. The molecule has 0 fully saturated rings. The average Bonchev–Trinajstić information content (AvgIpc) is 2.73. The number of anilines is 2. The van der Waals surface area contributed by atoms with Gasteiger partial charge in [-0.1, -0.05) is 13.8 Å². The van der Waals surface area contributed by atoms with Gasteiger partial charge >= 0.3 is 0 Å². The van der Waals surface area contributed by atoms with E-state index in [1.54, 1.807) is 18.6 Å². The number of nitrogens with two attached hydrogens (primary N) is 1. The molecule has 7 nitrogen and oxygen atoms in total. The number of rotatable bonds is 8. The van der Waals surface area contributed by atoms with Crippen LogP contribution in [-0.4, -0.2) is 38.8 Å². The van der Waals surface area contributed by atoms with Crippen molar-refractivity contribution >= 4 is 46.1 Å². The topological polar surface area (TPSA) is 102 Å². The summed E-state index contributed by atoms with van der Waals surface area (Å²) in [6.07, 6.45) is 7.62. The number of aromatic nitrogens is 4. The Labute approximate surface area is 175 Å². The zero-order chi connectivity index (χ0) is 20.6. The molecular weight excluding hydrogens is 386 g/mol. The highest BCUT2D eigenvalue weighted by Crippen LogP contribution is 2.21. The first-order valence-corrected chi connectivity index (χ1v) is 9.98. The molecule has 0 saturated heterocycles. The van der Waals surface area contributed by atoms with E-state index >= 15 is 0 Å². The predicted octanol–water partition coefficient (Wildman–Crippen LogP) is 4.29. The van der Waals surface area contributed by atoms with Crippen LogP contribution in [0, 0.1) is 0 Å². The van der Waals surface area contributed by atoms with E-state index in [1.165, 1.54) is 6.20 Å². The number of hydrogen-bond donors (Lipinski definition) is 2. The maximum absolute atomic E-state index is 5.78. The van der Waals surface area contributed by atoms with Crippen molar-refractivity contribution in [3.05, 3.63) is 54.0 Å². The quantitative estimate of drug-likeness (QED) is 0.327. The Balaban J connectivity index is 1.85. The Morgan fingerprint density at radius 1 is 1.21 bits per heavy atom. The summed E-state index contributed by atoms with van der Waals surface area (Å²) in [5, 5.41) is 11.4. The van der Waals surface area contributed by atoms with Crippen LogP contribution in [0.5, 0.6) is 0 Å². The molecule has 3 heterocycles. The lowest BCUT2D eigenvalue weighted by Crippen LogP contribution is -2.00. The van der Waals surface area contributed by atoms with Gasteiger partial charge in [0.2, 0.25) is 0 Å². The number of pyridine rings is 2. The fourth-order valence-electron chi connectivity index (χ4n) is 2.65. The van der Waals surface area contributed by atoms with Gasteiger partial charge in [-0.2, -0.15) is 5.10 Å². The summed E-state index contributed by atoms with van der Waals surface area (Å²) in [7, 11) is 0. The average molecular weight is 410 g/mol. The molecule has 0 atom stereocenters. The second kappa shape index (κ2) is 9.93. The van der Waals surface area contributed by atoms with Crippen LogP contribution in [0.3, 0.4) is 0 Å². The maximum atomic E-state index is 5.78.